The molecule has 0 saturated carbocycles. The maximum absolute atomic E-state index is 2.44. The van der Waals surface area contributed by atoms with Gasteiger partial charge in [0.2, 0.25) is 0 Å². The van der Waals surface area contributed by atoms with E-state index in [9.17, 15) is 0 Å². The van der Waals surface area contributed by atoms with Crippen LogP contribution >= 0.6 is 0 Å². The summed E-state index contributed by atoms with van der Waals surface area (Å²) in [5.74, 6) is 0. The highest BCUT2D eigenvalue weighted by molar-refractivity contribution is 6.25. The number of hydrogen-bond acceptors (Lipinski definition) is 0. The number of fused-ring (bicyclic) bond motifs is 7. The highest BCUT2D eigenvalue weighted by Gasteiger charge is 2.37. The van der Waals surface area contributed by atoms with E-state index in [0.717, 1.165) is 0 Å². The minimum atomic E-state index is -0.137. The number of benzene rings is 10. The van der Waals surface area contributed by atoms with E-state index in [1.54, 1.807) is 0 Å². The number of hydrogen-bond donors (Lipinski definition) is 0. The van der Waals surface area contributed by atoms with Crippen LogP contribution in [0.2, 0.25) is 0 Å². The molecule has 0 unspecified atom stereocenters. The molecule has 1 aliphatic carbocycles. The molecule has 11 rings (SSSR count). The van der Waals surface area contributed by atoms with Crippen molar-refractivity contribution in [3.63, 3.8) is 0 Å². The monoisotopic (exact) mass is 724 g/mol. The van der Waals surface area contributed by atoms with Gasteiger partial charge in [0, 0.05) is 5.41 Å². The van der Waals surface area contributed by atoms with E-state index in [0.29, 0.717) is 0 Å². The fourth-order valence-corrected chi connectivity index (χ4v) is 9.76. The Morgan fingerprint density at radius 3 is 1.32 bits per heavy atom. The molecule has 268 valence electrons. The van der Waals surface area contributed by atoms with Crippen LogP contribution in [0, 0.1) is 0 Å². The zero-order valence-corrected chi connectivity index (χ0v) is 32.1. The SMILES string of the molecule is CC1(C)c2cc(-c3ccc(-c4ccccc4)cc3)ccc2-c2c1ccc1c(-c3c4ccccc4c(-c4ccccc4-c4ccccc4)c4ccccc34)cccc21. The smallest absolute Gasteiger partial charge is 0.0159 e. The maximum atomic E-state index is 2.44. The van der Waals surface area contributed by atoms with E-state index in [2.05, 4.69) is 220 Å². The lowest BCUT2D eigenvalue weighted by Crippen LogP contribution is -2.15. The van der Waals surface area contributed by atoms with Gasteiger partial charge in [0.15, 0.2) is 0 Å². The van der Waals surface area contributed by atoms with Crippen molar-refractivity contribution >= 4 is 32.3 Å². The summed E-state index contributed by atoms with van der Waals surface area (Å²) in [6, 6.07) is 76.2. The van der Waals surface area contributed by atoms with Gasteiger partial charge in [-0.2, -0.15) is 0 Å². The van der Waals surface area contributed by atoms with Crippen molar-refractivity contribution in [3.05, 3.63) is 217 Å². The Balaban J connectivity index is 1.10. The van der Waals surface area contributed by atoms with Crippen LogP contribution in [0.3, 0.4) is 0 Å². The lowest BCUT2D eigenvalue weighted by Gasteiger charge is -2.23. The maximum Gasteiger partial charge on any atom is 0.0159 e. The molecular weight excluding hydrogens is 685 g/mol. The van der Waals surface area contributed by atoms with Gasteiger partial charge in [0.05, 0.1) is 0 Å². The molecule has 0 radical (unpaired) electrons. The molecule has 0 saturated heterocycles. The van der Waals surface area contributed by atoms with E-state index in [1.807, 2.05) is 0 Å². The molecule has 57 heavy (non-hydrogen) atoms. The first-order valence-corrected chi connectivity index (χ1v) is 20.0. The quantitative estimate of drug-likeness (QED) is 0.155. The van der Waals surface area contributed by atoms with Gasteiger partial charge in [-0.05, 0) is 116 Å². The Hall–Kier alpha value is -7.02. The molecular formula is C57H40. The van der Waals surface area contributed by atoms with Gasteiger partial charge in [0.1, 0.15) is 0 Å². The van der Waals surface area contributed by atoms with Crippen molar-refractivity contribution in [3.8, 4) is 66.8 Å². The zero-order valence-electron chi connectivity index (χ0n) is 32.1. The van der Waals surface area contributed by atoms with Gasteiger partial charge in [-0.3, -0.25) is 0 Å². The molecule has 0 bridgehead atoms. The first kappa shape index (κ1) is 33.3. The first-order chi connectivity index (χ1) is 28.1. The molecule has 0 atom stereocenters. The summed E-state index contributed by atoms with van der Waals surface area (Å²) in [6.45, 7) is 4.78. The van der Waals surface area contributed by atoms with Crippen molar-refractivity contribution in [2.45, 2.75) is 19.3 Å². The van der Waals surface area contributed by atoms with E-state index in [-0.39, 0.29) is 5.41 Å². The summed E-state index contributed by atoms with van der Waals surface area (Å²) in [7, 11) is 0. The Bertz CT molecular complexity index is 3110. The summed E-state index contributed by atoms with van der Waals surface area (Å²) in [4.78, 5) is 0. The third-order valence-corrected chi connectivity index (χ3v) is 12.5. The molecule has 0 spiro atoms. The highest BCUT2D eigenvalue weighted by Crippen LogP contribution is 2.54. The molecule has 0 heteroatoms. The second kappa shape index (κ2) is 13.0. The van der Waals surface area contributed by atoms with Gasteiger partial charge in [-0.15, -0.1) is 0 Å². The van der Waals surface area contributed by atoms with Crippen molar-refractivity contribution in [1.82, 2.24) is 0 Å². The Labute approximate surface area is 334 Å². The molecule has 0 nitrogen and oxygen atoms in total. The molecule has 1 aliphatic rings. The average molecular weight is 725 g/mol. The van der Waals surface area contributed by atoms with Crippen molar-refractivity contribution in [2.75, 3.05) is 0 Å². The van der Waals surface area contributed by atoms with E-state index >= 15 is 0 Å². The second-order valence-corrected chi connectivity index (χ2v) is 16.0. The van der Waals surface area contributed by atoms with Crippen LogP contribution in [0.1, 0.15) is 25.0 Å². The lowest BCUT2D eigenvalue weighted by atomic mass is 9.80. The van der Waals surface area contributed by atoms with Gasteiger partial charge < -0.3 is 0 Å². The molecule has 0 fully saturated rings. The van der Waals surface area contributed by atoms with Crippen LogP contribution in [-0.4, -0.2) is 0 Å². The van der Waals surface area contributed by atoms with Crippen molar-refractivity contribution in [2.24, 2.45) is 0 Å². The molecule has 0 amide bonds. The fraction of sp³-hybridized carbons (Fsp3) is 0.0526. The standard InChI is InChI=1S/C57H40/c1-57(2)52-35-34-43-45(26-15-27-46(43)56(52)51-33-32-41(36-53(51)57)39-30-28-38(29-31-39)37-16-5-3-6-17-37)55-49-24-13-11-22-47(49)54(48-23-12-14-25-50(48)55)44-21-10-9-20-42(44)40-18-7-4-8-19-40/h3-36H,1-2H3. The van der Waals surface area contributed by atoms with Crippen LogP contribution in [0.15, 0.2) is 206 Å². The van der Waals surface area contributed by atoms with Gasteiger partial charge in [-0.1, -0.05) is 214 Å². The van der Waals surface area contributed by atoms with Gasteiger partial charge in [-0.25, -0.2) is 0 Å². The molecule has 0 heterocycles. The van der Waals surface area contributed by atoms with Crippen LogP contribution in [-0.2, 0) is 5.41 Å². The minimum Gasteiger partial charge on any atom is -0.0622 e. The van der Waals surface area contributed by atoms with Gasteiger partial charge in [0.25, 0.3) is 0 Å². The molecule has 0 aromatic heterocycles. The van der Waals surface area contributed by atoms with E-state index in [1.165, 1.54) is 110 Å². The second-order valence-electron chi connectivity index (χ2n) is 16.0. The lowest BCUT2D eigenvalue weighted by molar-refractivity contribution is 0.661. The Kier molecular flexibility index (Phi) is 7.63. The van der Waals surface area contributed by atoms with Crippen LogP contribution in [0.4, 0.5) is 0 Å². The number of rotatable bonds is 5. The van der Waals surface area contributed by atoms with E-state index in [4.69, 9.17) is 0 Å². The van der Waals surface area contributed by atoms with Crippen LogP contribution < -0.4 is 0 Å². The predicted octanol–water partition coefficient (Wildman–Crippen LogP) is 15.8. The molecule has 10 aromatic carbocycles. The van der Waals surface area contributed by atoms with Gasteiger partial charge >= 0.3 is 0 Å². The van der Waals surface area contributed by atoms with Crippen molar-refractivity contribution in [1.29, 1.82) is 0 Å². The molecule has 10 aromatic rings. The first-order valence-electron chi connectivity index (χ1n) is 20.0. The predicted molar refractivity (Wildman–Crippen MR) is 244 cm³/mol. The summed E-state index contributed by atoms with van der Waals surface area (Å²) < 4.78 is 0. The van der Waals surface area contributed by atoms with Crippen molar-refractivity contribution < 1.29 is 0 Å². The largest absolute Gasteiger partial charge is 0.0622 e. The minimum absolute atomic E-state index is 0.137. The van der Waals surface area contributed by atoms with Crippen LogP contribution in [0.25, 0.3) is 99.1 Å². The summed E-state index contributed by atoms with van der Waals surface area (Å²) >= 11 is 0. The normalized spacial score (nSPS) is 12.9. The topological polar surface area (TPSA) is 0 Å². The average Bonchev–Trinajstić information content (AvgIpc) is 3.51. The fourth-order valence-electron chi connectivity index (χ4n) is 9.76. The third kappa shape index (κ3) is 5.21. The Morgan fingerprint density at radius 1 is 0.246 bits per heavy atom. The zero-order chi connectivity index (χ0) is 38.1. The summed E-state index contributed by atoms with van der Waals surface area (Å²) in [6.07, 6.45) is 0. The third-order valence-electron chi connectivity index (χ3n) is 12.5. The summed E-state index contributed by atoms with van der Waals surface area (Å²) in [5, 5.41) is 7.67. The van der Waals surface area contributed by atoms with E-state index < -0.39 is 0 Å². The Morgan fingerprint density at radius 2 is 0.684 bits per heavy atom. The molecule has 0 N–H and O–H groups in total. The molecule has 0 aliphatic heterocycles. The summed E-state index contributed by atoms with van der Waals surface area (Å²) in [5.41, 5.74) is 17.9. The highest BCUT2D eigenvalue weighted by atomic mass is 14.4. The van der Waals surface area contributed by atoms with Crippen LogP contribution in [0.5, 0.6) is 0 Å².